The van der Waals surface area contributed by atoms with E-state index in [2.05, 4.69) is 4.98 Å². The molecule has 0 unspecified atom stereocenters. The molecule has 0 fully saturated rings. The highest BCUT2D eigenvalue weighted by atomic mass is 16.1. The van der Waals surface area contributed by atoms with Crippen LogP contribution in [0.25, 0.3) is 10.9 Å². The van der Waals surface area contributed by atoms with Crippen molar-refractivity contribution in [2.45, 2.75) is 27.2 Å². The zero-order valence-corrected chi connectivity index (χ0v) is 10.5. The Balaban J connectivity index is 2.49. The zero-order chi connectivity index (χ0) is 12.4. The number of ketones is 1. The first-order valence-electron chi connectivity index (χ1n) is 5.96. The van der Waals surface area contributed by atoms with Crippen molar-refractivity contribution in [2.24, 2.45) is 5.92 Å². The van der Waals surface area contributed by atoms with Gasteiger partial charge in [0, 0.05) is 23.4 Å². The summed E-state index contributed by atoms with van der Waals surface area (Å²) in [5.74, 6) is 0.364. The maximum Gasteiger partial charge on any atom is 0.139 e. The van der Waals surface area contributed by atoms with E-state index < -0.39 is 0 Å². The summed E-state index contributed by atoms with van der Waals surface area (Å²) in [4.78, 5) is 16.3. The number of aromatic nitrogens is 1. The fraction of sp³-hybridized carbons (Fsp3) is 0.333. The molecule has 2 nitrogen and oxygen atoms in total. The highest BCUT2D eigenvalue weighted by molar-refractivity contribution is 5.89. The molecule has 2 heteroatoms. The third kappa shape index (κ3) is 2.52. The van der Waals surface area contributed by atoms with Crippen LogP contribution < -0.4 is 0 Å². The van der Waals surface area contributed by atoms with Crippen LogP contribution in [0.2, 0.25) is 0 Å². The SMILES string of the molecule is Cc1cc(CC(=O)C(C)C)c2ccccc2n1. The summed E-state index contributed by atoms with van der Waals surface area (Å²) in [6.45, 7) is 5.85. The molecule has 0 spiro atoms. The van der Waals surface area contributed by atoms with Crippen LogP contribution in [0, 0.1) is 12.8 Å². The van der Waals surface area contributed by atoms with Crippen molar-refractivity contribution in [1.29, 1.82) is 0 Å². The van der Waals surface area contributed by atoms with E-state index in [-0.39, 0.29) is 11.7 Å². The number of rotatable bonds is 3. The normalized spacial score (nSPS) is 11.1. The van der Waals surface area contributed by atoms with Crippen molar-refractivity contribution in [3.05, 3.63) is 41.6 Å². The lowest BCUT2D eigenvalue weighted by atomic mass is 9.98. The van der Waals surface area contributed by atoms with E-state index in [9.17, 15) is 4.79 Å². The summed E-state index contributed by atoms with van der Waals surface area (Å²) in [5, 5.41) is 1.09. The molecule has 1 aromatic heterocycles. The van der Waals surface area contributed by atoms with Crippen LogP contribution >= 0.6 is 0 Å². The lowest BCUT2D eigenvalue weighted by Crippen LogP contribution is -2.10. The maximum absolute atomic E-state index is 11.8. The Bertz CT molecular complexity index is 558. The van der Waals surface area contributed by atoms with E-state index in [1.54, 1.807) is 0 Å². The Kier molecular flexibility index (Phi) is 3.23. The van der Waals surface area contributed by atoms with Gasteiger partial charge in [-0.1, -0.05) is 32.0 Å². The van der Waals surface area contributed by atoms with Crippen LogP contribution in [0.4, 0.5) is 0 Å². The van der Waals surface area contributed by atoms with E-state index in [0.29, 0.717) is 6.42 Å². The molecule has 0 atom stereocenters. The van der Waals surface area contributed by atoms with Gasteiger partial charge in [-0.25, -0.2) is 0 Å². The molecule has 17 heavy (non-hydrogen) atoms. The molecule has 0 aliphatic carbocycles. The Labute approximate surface area is 102 Å². The predicted octanol–water partition coefficient (Wildman–Crippen LogP) is 3.31. The lowest BCUT2D eigenvalue weighted by Gasteiger charge is -2.08. The zero-order valence-electron chi connectivity index (χ0n) is 10.5. The lowest BCUT2D eigenvalue weighted by molar-refractivity contribution is -0.121. The number of para-hydroxylation sites is 1. The number of aryl methyl sites for hydroxylation is 1. The topological polar surface area (TPSA) is 30.0 Å². The maximum atomic E-state index is 11.8. The molecule has 0 aliphatic rings. The van der Waals surface area contributed by atoms with Gasteiger partial charge in [-0.05, 0) is 24.6 Å². The van der Waals surface area contributed by atoms with Gasteiger partial charge in [0.05, 0.1) is 5.52 Å². The molecule has 0 N–H and O–H groups in total. The molecule has 0 saturated heterocycles. The summed E-state index contributed by atoms with van der Waals surface area (Å²) < 4.78 is 0. The van der Waals surface area contributed by atoms with Crippen molar-refractivity contribution in [2.75, 3.05) is 0 Å². The minimum Gasteiger partial charge on any atom is -0.299 e. The van der Waals surface area contributed by atoms with Crippen LogP contribution in [-0.4, -0.2) is 10.8 Å². The fourth-order valence-electron chi connectivity index (χ4n) is 1.93. The number of carbonyl (C=O) groups excluding carboxylic acids is 1. The van der Waals surface area contributed by atoms with Gasteiger partial charge in [0.15, 0.2) is 0 Å². The van der Waals surface area contributed by atoms with Gasteiger partial charge in [-0.15, -0.1) is 0 Å². The van der Waals surface area contributed by atoms with Crippen LogP contribution in [0.15, 0.2) is 30.3 Å². The van der Waals surface area contributed by atoms with Crippen LogP contribution in [-0.2, 0) is 11.2 Å². The Morgan fingerprint density at radius 2 is 2.00 bits per heavy atom. The summed E-state index contributed by atoms with van der Waals surface area (Å²) in [7, 11) is 0. The van der Waals surface area contributed by atoms with Crippen LogP contribution in [0.1, 0.15) is 25.1 Å². The number of benzene rings is 1. The molecule has 0 bridgehead atoms. The molecule has 0 amide bonds. The Hall–Kier alpha value is -1.70. The monoisotopic (exact) mass is 227 g/mol. The summed E-state index contributed by atoms with van der Waals surface area (Å²) in [6, 6.07) is 10.0. The van der Waals surface area contributed by atoms with Gasteiger partial charge in [0.2, 0.25) is 0 Å². The average Bonchev–Trinajstić information content (AvgIpc) is 2.28. The number of nitrogens with zero attached hydrogens (tertiary/aromatic N) is 1. The first-order chi connectivity index (χ1) is 8.08. The Morgan fingerprint density at radius 1 is 1.29 bits per heavy atom. The molecule has 88 valence electrons. The minimum atomic E-state index is 0.0854. The summed E-state index contributed by atoms with van der Waals surface area (Å²) >= 11 is 0. The number of carbonyl (C=O) groups is 1. The van der Waals surface area contributed by atoms with E-state index >= 15 is 0 Å². The second-order valence-electron chi connectivity index (χ2n) is 4.74. The van der Waals surface area contributed by atoms with E-state index in [4.69, 9.17) is 0 Å². The molecule has 2 aromatic rings. The standard InChI is InChI=1S/C15H17NO/c1-10(2)15(17)9-12-8-11(3)16-14-7-5-4-6-13(12)14/h4-8,10H,9H2,1-3H3. The highest BCUT2D eigenvalue weighted by Crippen LogP contribution is 2.19. The number of Topliss-reactive ketones (excluding diaryl/α,β-unsaturated/α-hetero) is 1. The van der Waals surface area contributed by atoms with Gasteiger partial charge >= 0.3 is 0 Å². The van der Waals surface area contributed by atoms with Crippen molar-refractivity contribution in [3.8, 4) is 0 Å². The van der Waals surface area contributed by atoms with Crippen LogP contribution in [0.5, 0.6) is 0 Å². The molecular weight excluding hydrogens is 210 g/mol. The smallest absolute Gasteiger partial charge is 0.139 e. The Morgan fingerprint density at radius 3 is 2.71 bits per heavy atom. The average molecular weight is 227 g/mol. The third-order valence-corrected chi connectivity index (χ3v) is 2.94. The number of pyridine rings is 1. The van der Waals surface area contributed by atoms with E-state index in [0.717, 1.165) is 22.2 Å². The van der Waals surface area contributed by atoms with Crippen molar-refractivity contribution < 1.29 is 4.79 Å². The molecule has 1 aromatic carbocycles. The number of fused-ring (bicyclic) bond motifs is 1. The van der Waals surface area contributed by atoms with Gasteiger partial charge < -0.3 is 0 Å². The van der Waals surface area contributed by atoms with Gasteiger partial charge in [0.1, 0.15) is 5.78 Å². The molecule has 2 rings (SSSR count). The molecule has 0 saturated carbocycles. The van der Waals surface area contributed by atoms with Crippen molar-refractivity contribution in [1.82, 2.24) is 4.98 Å². The number of hydrogen-bond acceptors (Lipinski definition) is 2. The van der Waals surface area contributed by atoms with Crippen molar-refractivity contribution >= 4 is 16.7 Å². The minimum absolute atomic E-state index is 0.0854. The highest BCUT2D eigenvalue weighted by Gasteiger charge is 2.11. The van der Waals surface area contributed by atoms with Crippen molar-refractivity contribution in [3.63, 3.8) is 0 Å². The molecule has 0 aliphatic heterocycles. The second kappa shape index (κ2) is 4.66. The molecule has 1 heterocycles. The first-order valence-corrected chi connectivity index (χ1v) is 5.96. The van der Waals surface area contributed by atoms with Crippen LogP contribution in [0.3, 0.4) is 0 Å². The fourth-order valence-corrected chi connectivity index (χ4v) is 1.93. The molecule has 0 radical (unpaired) electrons. The predicted molar refractivity (Wildman–Crippen MR) is 70.0 cm³/mol. The van der Waals surface area contributed by atoms with Gasteiger partial charge in [-0.2, -0.15) is 0 Å². The van der Waals surface area contributed by atoms with Gasteiger partial charge in [-0.3, -0.25) is 9.78 Å². The van der Waals surface area contributed by atoms with Gasteiger partial charge in [0.25, 0.3) is 0 Å². The molecular formula is C15H17NO. The quantitative estimate of drug-likeness (QED) is 0.805. The summed E-state index contributed by atoms with van der Waals surface area (Å²) in [6.07, 6.45) is 0.502. The van der Waals surface area contributed by atoms with E-state index in [1.165, 1.54) is 0 Å². The largest absolute Gasteiger partial charge is 0.299 e. The summed E-state index contributed by atoms with van der Waals surface area (Å²) in [5.41, 5.74) is 3.03. The number of hydrogen-bond donors (Lipinski definition) is 0. The first kappa shape index (κ1) is 11.8. The van der Waals surface area contributed by atoms with E-state index in [1.807, 2.05) is 51.1 Å². The third-order valence-electron chi connectivity index (χ3n) is 2.94. The second-order valence-corrected chi connectivity index (χ2v) is 4.74.